The lowest BCUT2D eigenvalue weighted by Crippen LogP contribution is -2.24. The molecule has 118 valence electrons. The first-order valence-corrected chi connectivity index (χ1v) is 8.10. The Balaban J connectivity index is 2.11. The van der Waals surface area contributed by atoms with Crippen LogP contribution in [0.5, 0.6) is 0 Å². The van der Waals surface area contributed by atoms with E-state index in [1.54, 1.807) is 6.08 Å². The first-order chi connectivity index (χ1) is 10.4. The summed E-state index contributed by atoms with van der Waals surface area (Å²) in [5.41, 5.74) is 1.14. The third-order valence-electron chi connectivity index (χ3n) is 4.98. The SMILES string of the molecule is CCC(O)(C#CCC(C)C1=CC=C2C(O)=CC=CC21C)CC. The second-order valence-electron chi connectivity index (χ2n) is 6.46. The predicted molar refractivity (Wildman–Crippen MR) is 91.2 cm³/mol. The standard InChI is InChI=1S/C20H26O2/c1-5-20(22,6-2)14-7-9-15(3)16-11-12-17-18(21)10-8-13-19(16,17)4/h8,10-13,15,21-22H,5-6,9H2,1-4H3. The molecule has 0 bridgehead atoms. The van der Waals surface area contributed by atoms with Crippen molar-refractivity contribution >= 4 is 0 Å². The molecule has 0 spiro atoms. The second kappa shape index (κ2) is 6.18. The highest BCUT2D eigenvalue weighted by molar-refractivity contribution is 5.55. The fourth-order valence-electron chi connectivity index (χ4n) is 3.22. The summed E-state index contributed by atoms with van der Waals surface area (Å²) in [7, 11) is 0. The van der Waals surface area contributed by atoms with Gasteiger partial charge in [-0.15, -0.1) is 0 Å². The van der Waals surface area contributed by atoms with Crippen molar-refractivity contribution in [2.24, 2.45) is 11.3 Å². The number of hydrogen-bond donors (Lipinski definition) is 2. The van der Waals surface area contributed by atoms with E-state index in [2.05, 4.69) is 37.8 Å². The van der Waals surface area contributed by atoms with Gasteiger partial charge in [-0.1, -0.05) is 62.5 Å². The minimum atomic E-state index is -0.858. The van der Waals surface area contributed by atoms with E-state index in [-0.39, 0.29) is 11.3 Å². The van der Waals surface area contributed by atoms with Crippen molar-refractivity contribution in [2.75, 3.05) is 0 Å². The van der Waals surface area contributed by atoms with Gasteiger partial charge in [0.1, 0.15) is 11.4 Å². The summed E-state index contributed by atoms with van der Waals surface area (Å²) in [4.78, 5) is 0. The van der Waals surface area contributed by atoms with Gasteiger partial charge >= 0.3 is 0 Å². The summed E-state index contributed by atoms with van der Waals surface area (Å²) in [6.07, 6.45) is 11.9. The van der Waals surface area contributed by atoms with Crippen molar-refractivity contribution in [1.29, 1.82) is 0 Å². The Kier molecular flexibility index (Phi) is 4.68. The first-order valence-electron chi connectivity index (χ1n) is 8.10. The Bertz CT molecular complexity index is 618. The summed E-state index contributed by atoms with van der Waals surface area (Å²) in [5, 5.41) is 20.3. The normalized spacial score (nSPS) is 24.7. The molecule has 2 atom stereocenters. The Labute approximate surface area is 133 Å². The average Bonchev–Trinajstić information content (AvgIpc) is 2.85. The van der Waals surface area contributed by atoms with Crippen LogP contribution in [0.25, 0.3) is 0 Å². The van der Waals surface area contributed by atoms with Crippen LogP contribution >= 0.6 is 0 Å². The maximum absolute atomic E-state index is 10.2. The van der Waals surface area contributed by atoms with E-state index in [4.69, 9.17) is 0 Å². The molecule has 0 aromatic rings. The average molecular weight is 298 g/mol. The third kappa shape index (κ3) is 2.91. The van der Waals surface area contributed by atoms with E-state index < -0.39 is 5.60 Å². The maximum atomic E-state index is 10.2. The van der Waals surface area contributed by atoms with Crippen molar-refractivity contribution in [3.63, 3.8) is 0 Å². The number of rotatable bonds is 4. The summed E-state index contributed by atoms with van der Waals surface area (Å²) in [6.45, 7) is 8.21. The molecule has 0 saturated carbocycles. The Hall–Kier alpha value is -1.72. The van der Waals surface area contributed by atoms with Gasteiger partial charge < -0.3 is 10.2 Å². The molecule has 0 heterocycles. The molecular formula is C20H26O2. The Morgan fingerprint density at radius 3 is 2.55 bits per heavy atom. The molecule has 0 aromatic carbocycles. The second-order valence-corrected chi connectivity index (χ2v) is 6.46. The quantitative estimate of drug-likeness (QED) is 0.753. The minimum Gasteiger partial charge on any atom is -0.508 e. The molecule has 2 aliphatic rings. The molecule has 0 aromatic heterocycles. The minimum absolute atomic E-state index is 0.230. The lowest BCUT2D eigenvalue weighted by atomic mass is 9.71. The Morgan fingerprint density at radius 1 is 1.23 bits per heavy atom. The molecule has 0 aliphatic heterocycles. The number of aliphatic hydroxyl groups is 2. The maximum Gasteiger partial charge on any atom is 0.125 e. The molecule has 22 heavy (non-hydrogen) atoms. The fraction of sp³-hybridized carbons (Fsp3) is 0.500. The molecule has 0 fully saturated rings. The summed E-state index contributed by atoms with van der Waals surface area (Å²) in [5.74, 6) is 6.81. The van der Waals surface area contributed by atoms with Gasteiger partial charge in [0.2, 0.25) is 0 Å². The van der Waals surface area contributed by atoms with Crippen molar-refractivity contribution in [2.45, 2.75) is 52.6 Å². The van der Waals surface area contributed by atoms with Gasteiger partial charge in [-0.3, -0.25) is 0 Å². The Morgan fingerprint density at radius 2 is 1.91 bits per heavy atom. The number of fused-ring (bicyclic) bond motifs is 1. The van der Waals surface area contributed by atoms with Crippen LogP contribution in [0.15, 0.2) is 47.3 Å². The van der Waals surface area contributed by atoms with Crippen LogP contribution in [-0.4, -0.2) is 15.8 Å². The van der Waals surface area contributed by atoms with E-state index in [0.29, 0.717) is 25.0 Å². The van der Waals surface area contributed by atoms with E-state index >= 15 is 0 Å². The van der Waals surface area contributed by atoms with Gasteiger partial charge in [0, 0.05) is 17.4 Å². The molecule has 2 nitrogen and oxygen atoms in total. The lowest BCUT2D eigenvalue weighted by molar-refractivity contribution is 0.0930. The smallest absolute Gasteiger partial charge is 0.125 e. The summed E-state index contributed by atoms with van der Waals surface area (Å²) >= 11 is 0. The molecule has 0 radical (unpaired) electrons. The van der Waals surface area contributed by atoms with E-state index in [0.717, 1.165) is 5.57 Å². The number of allylic oxidation sites excluding steroid dienone is 7. The first kappa shape index (κ1) is 16.6. The highest BCUT2D eigenvalue weighted by Gasteiger charge is 2.38. The van der Waals surface area contributed by atoms with Gasteiger partial charge in [0.25, 0.3) is 0 Å². The topological polar surface area (TPSA) is 40.5 Å². The van der Waals surface area contributed by atoms with Crippen LogP contribution in [-0.2, 0) is 0 Å². The van der Waals surface area contributed by atoms with Crippen molar-refractivity contribution in [3.05, 3.63) is 47.3 Å². The molecule has 2 aliphatic carbocycles. The summed E-state index contributed by atoms with van der Waals surface area (Å²) in [6, 6.07) is 0. The van der Waals surface area contributed by atoms with Crippen molar-refractivity contribution < 1.29 is 10.2 Å². The van der Waals surface area contributed by atoms with Gasteiger partial charge in [0.15, 0.2) is 0 Å². The van der Waals surface area contributed by atoms with E-state index in [1.165, 1.54) is 5.57 Å². The zero-order valence-electron chi connectivity index (χ0n) is 14.0. The van der Waals surface area contributed by atoms with Crippen LogP contribution in [0.1, 0.15) is 47.0 Å². The van der Waals surface area contributed by atoms with E-state index in [9.17, 15) is 10.2 Å². The van der Waals surface area contributed by atoms with Crippen molar-refractivity contribution in [1.82, 2.24) is 0 Å². The van der Waals surface area contributed by atoms with Crippen LogP contribution < -0.4 is 0 Å². The molecule has 0 amide bonds. The molecule has 0 saturated heterocycles. The number of aliphatic hydroxyl groups excluding tert-OH is 1. The van der Waals surface area contributed by atoms with Gasteiger partial charge in [-0.25, -0.2) is 0 Å². The van der Waals surface area contributed by atoms with Crippen LogP contribution in [0.4, 0.5) is 0 Å². The lowest BCUT2D eigenvalue weighted by Gasteiger charge is -2.33. The molecule has 2 N–H and O–H groups in total. The zero-order valence-corrected chi connectivity index (χ0v) is 14.0. The molecule has 2 unspecified atom stereocenters. The summed E-state index contributed by atoms with van der Waals surface area (Å²) < 4.78 is 0. The predicted octanol–water partition coefficient (Wildman–Crippen LogP) is 4.45. The van der Waals surface area contributed by atoms with Crippen LogP contribution in [0.2, 0.25) is 0 Å². The zero-order chi connectivity index (χ0) is 16.4. The van der Waals surface area contributed by atoms with Gasteiger partial charge in [-0.05, 0) is 31.8 Å². The highest BCUT2D eigenvalue weighted by Crippen LogP contribution is 2.49. The highest BCUT2D eigenvalue weighted by atomic mass is 16.3. The fourth-order valence-corrected chi connectivity index (χ4v) is 3.22. The van der Waals surface area contributed by atoms with Gasteiger partial charge in [-0.2, -0.15) is 0 Å². The van der Waals surface area contributed by atoms with Crippen LogP contribution in [0.3, 0.4) is 0 Å². The van der Waals surface area contributed by atoms with Crippen LogP contribution in [0, 0.1) is 23.2 Å². The third-order valence-corrected chi connectivity index (χ3v) is 4.98. The largest absolute Gasteiger partial charge is 0.508 e. The molecule has 2 rings (SSSR count). The molecular weight excluding hydrogens is 272 g/mol. The van der Waals surface area contributed by atoms with Crippen molar-refractivity contribution in [3.8, 4) is 11.8 Å². The van der Waals surface area contributed by atoms with E-state index in [1.807, 2.05) is 26.0 Å². The monoisotopic (exact) mass is 298 g/mol. The van der Waals surface area contributed by atoms with Gasteiger partial charge in [0.05, 0.1) is 0 Å². The number of hydrogen-bond acceptors (Lipinski definition) is 2. The molecule has 2 heteroatoms.